The average molecular weight is 245 g/mol. The Morgan fingerprint density at radius 2 is 2.11 bits per heavy atom. The predicted octanol–water partition coefficient (Wildman–Crippen LogP) is 2.48. The Bertz CT molecular complexity index is 585. The highest BCUT2D eigenvalue weighted by Gasteiger charge is 2.20. The van der Waals surface area contributed by atoms with E-state index in [0.29, 0.717) is 5.92 Å². The van der Waals surface area contributed by atoms with Crippen molar-refractivity contribution in [2.24, 2.45) is 0 Å². The first-order chi connectivity index (χ1) is 8.75. The van der Waals surface area contributed by atoms with E-state index in [4.69, 9.17) is 5.11 Å². The summed E-state index contributed by atoms with van der Waals surface area (Å²) in [7, 11) is 0. The zero-order valence-corrected chi connectivity index (χ0v) is 10.0. The summed E-state index contributed by atoms with van der Waals surface area (Å²) in [5, 5.41) is 8.99. The van der Waals surface area contributed by atoms with Crippen LogP contribution in [0.1, 0.15) is 54.1 Å². The number of fused-ring (bicyclic) bond motifs is 1. The Hall–Kier alpha value is -1.91. The Balaban J connectivity index is 2.07. The fraction of sp³-hybridized carbons (Fsp3) is 0.462. The van der Waals surface area contributed by atoms with Crippen LogP contribution in [0.25, 0.3) is 5.65 Å². The van der Waals surface area contributed by atoms with Crippen LogP contribution in [0.3, 0.4) is 0 Å². The maximum absolute atomic E-state index is 11.0. The van der Waals surface area contributed by atoms with E-state index in [2.05, 4.69) is 9.97 Å². The zero-order valence-electron chi connectivity index (χ0n) is 10.0. The van der Waals surface area contributed by atoms with Crippen LogP contribution in [0.5, 0.6) is 0 Å². The van der Waals surface area contributed by atoms with Gasteiger partial charge >= 0.3 is 5.97 Å². The first-order valence-corrected chi connectivity index (χ1v) is 6.31. The van der Waals surface area contributed by atoms with E-state index >= 15 is 0 Å². The molecule has 5 nitrogen and oxygen atoms in total. The smallest absolute Gasteiger partial charge is 0.356 e. The lowest BCUT2D eigenvalue weighted by Crippen LogP contribution is -2.07. The van der Waals surface area contributed by atoms with Crippen molar-refractivity contribution in [2.75, 3.05) is 0 Å². The number of hydrogen-bond acceptors (Lipinski definition) is 3. The van der Waals surface area contributed by atoms with Crippen molar-refractivity contribution in [1.29, 1.82) is 0 Å². The third-order valence-corrected chi connectivity index (χ3v) is 3.66. The lowest BCUT2D eigenvalue weighted by Gasteiger charge is -2.21. The third kappa shape index (κ3) is 1.85. The van der Waals surface area contributed by atoms with E-state index in [1.165, 1.54) is 25.5 Å². The molecule has 1 aliphatic rings. The van der Waals surface area contributed by atoms with Gasteiger partial charge in [-0.25, -0.2) is 14.8 Å². The van der Waals surface area contributed by atoms with Crippen molar-refractivity contribution >= 4 is 11.6 Å². The molecule has 18 heavy (non-hydrogen) atoms. The van der Waals surface area contributed by atoms with Crippen LogP contribution in [-0.4, -0.2) is 25.4 Å². The molecule has 2 aromatic heterocycles. The van der Waals surface area contributed by atoms with E-state index in [-0.39, 0.29) is 5.69 Å². The van der Waals surface area contributed by atoms with Crippen LogP contribution in [0.2, 0.25) is 0 Å². The minimum atomic E-state index is -0.992. The average Bonchev–Trinajstić information content (AvgIpc) is 2.83. The molecule has 0 bridgehead atoms. The molecule has 5 heteroatoms. The molecule has 1 saturated carbocycles. The molecule has 1 N–H and O–H groups in total. The SMILES string of the molecule is O=C(O)c1cn2cncc(C3CCCCC3)c2n1. The molecule has 1 fully saturated rings. The lowest BCUT2D eigenvalue weighted by molar-refractivity contribution is 0.0691. The van der Waals surface area contributed by atoms with Gasteiger partial charge < -0.3 is 5.11 Å². The van der Waals surface area contributed by atoms with Crippen LogP contribution in [0.15, 0.2) is 18.7 Å². The fourth-order valence-electron chi connectivity index (χ4n) is 2.74. The normalized spacial score (nSPS) is 17.1. The van der Waals surface area contributed by atoms with E-state index in [1.54, 1.807) is 10.7 Å². The highest BCUT2D eigenvalue weighted by molar-refractivity contribution is 5.86. The van der Waals surface area contributed by atoms with Gasteiger partial charge in [-0.3, -0.25) is 4.40 Å². The topological polar surface area (TPSA) is 67.5 Å². The molecule has 2 aromatic rings. The van der Waals surface area contributed by atoms with E-state index in [0.717, 1.165) is 24.1 Å². The van der Waals surface area contributed by atoms with Crippen molar-refractivity contribution in [1.82, 2.24) is 14.4 Å². The van der Waals surface area contributed by atoms with Gasteiger partial charge in [-0.15, -0.1) is 0 Å². The minimum Gasteiger partial charge on any atom is -0.476 e. The van der Waals surface area contributed by atoms with Crippen molar-refractivity contribution in [3.8, 4) is 0 Å². The second kappa shape index (κ2) is 4.40. The monoisotopic (exact) mass is 245 g/mol. The molecule has 0 aliphatic heterocycles. The number of hydrogen-bond donors (Lipinski definition) is 1. The van der Waals surface area contributed by atoms with Gasteiger partial charge in [0.15, 0.2) is 5.69 Å². The van der Waals surface area contributed by atoms with Gasteiger partial charge in [0, 0.05) is 18.0 Å². The zero-order chi connectivity index (χ0) is 12.5. The maximum atomic E-state index is 11.0. The highest BCUT2D eigenvalue weighted by Crippen LogP contribution is 2.33. The van der Waals surface area contributed by atoms with Crippen LogP contribution in [0, 0.1) is 0 Å². The largest absolute Gasteiger partial charge is 0.476 e. The second-order valence-electron chi connectivity index (χ2n) is 4.85. The number of carboxylic acids is 1. The quantitative estimate of drug-likeness (QED) is 0.882. The molecule has 2 heterocycles. The van der Waals surface area contributed by atoms with Gasteiger partial charge in [-0.2, -0.15) is 0 Å². The number of imidazole rings is 1. The summed E-state index contributed by atoms with van der Waals surface area (Å²) in [5.74, 6) is -0.521. The van der Waals surface area contributed by atoms with Crippen LogP contribution in [-0.2, 0) is 0 Å². The minimum absolute atomic E-state index is 0.0834. The summed E-state index contributed by atoms with van der Waals surface area (Å²) >= 11 is 0. The first kappa shape index (κ1) is 11.2. The number of rotatable bonds is 2. The van der Waals surface area contributed by atoms with Gasteiger partial charge in [0.1, 0.15) is 12.0 Å². The first-order valence-electron chi connectivity index (χ1n) is 6.31. The highest BCUT2D eigenvalue weighted by atomic mass is 16.4. The van der Waals surface area contributed by atoms with Gasteiger partial charge in [0.2, 0.25) is 0 Å². The molecular formula is C13H15N3O2. The molecule has 94 valence electrons. The van der Waals surface area contributed by atoms with Crippen molar-refractivity contribution in [3.63, 3.8) is 0 Å². The summed E-state index contributed by atoms with van der Waals surface area (Å²) in [6.45, 7) is 0. The molecule has 0 amide bonds. The summed E-state index contributed by atoms with van der Waals surface area (Å²) in [4.78, 5) is 19.4. The van der Waals surface area contributed by atoms with Gasteiger partial charge in [-0.1, -0.05) is 19.3 Å². The van der Waals surface area contributed by atoms with Crippen LogP contribution in [0.4, 0.5) is 0 Å². The summed E-state index contributed by atoms with van der Waals surface area (Å²) in [6, 6.07) is 0. The molecule has 0 atom stereocenters. The molecule has 0 aromatic carbocycles. The van der Waals surface area contributed by atoms with E-state index in [9.17, 15) is 4.79 Å². The van der Waals surface area contributed by atoms with Gasteiger partial charge in [0.05, 0.1) is 0 Å². The number of aromatic nitrogens is 3. The Kier molecular flexibility index (Phi) is 2.74. The predicted molar refractivity (Wildman–Crippen MR) is 65.8 cm³/mol. The van der Waals surface area contributed by atoms with Gasteiger partial charge in [-0.05, 0) is 18.8 Å². The number of aromatic carboxylic acids is 1. The van der Waals surface area contributed by atoms with E-state index in [1.807, 2.05) is 6.20 Å². The standard InChI is InChI=1S/C13H15N3O2/c17-13(18)11-7-16-8-14-6-10(12(16)15-11)9-4-2-1-3-5-9/h6-9H,1-5H2,(H,17,18). The summed E-state index contributed by atoms with van der Waals surface area (Å²) < 4.78 is 1.72. The Morgan fingerprint density at radius 1 is 1.33 bits per heavy atom. The van der Waals surface area contributed by atoms with Crippen molar-refractivity contribution in [3.05, 3.63) is 30.0 Å². The maximum Gasteiger partial charge on any atom is 0.356 e. The lowest BCUT2D eigenvalue weighted by atomic mass is 9.85. The third-order valence-electron chi connectivity index (χ3n) is 3.66. The van der Waals surface area contributed by atoms with E-state index < -0.39 is 5.97 Å². The molecule has 1 aliphatic carbocycles. The van der Waals surface area contributed by atoms with Crippen LogP contribution >= 0.6 is 0 Å². The number of carbonyl (C=O) groups is 1. The molecule has 0 spiro atoms. The van der Waals surface area contributed by atoms with Crippen molar-refractivity contribution < 1.29 is 9.90 Å². The van der Waals surface area contributed by atoms with Crippen molar-refractivity contribution in [2.45, 2.75) is 38.0 Å². The Morgan fingerprint density at radius 3 is 2.83 bits per heavy atom. The molecular weight excluding hydrogens is 230 g/mol. The van der Waals surface area contributed by atoms with Crippen LogP contribution < -0.4 is 0 Å². The van der Waals surface area contributed by atoms with Gasteiger partial charge in [0.25, 0.3) is 0 Å². The Labute approximate surface area is 104 Å². The molecule has 0 radical (unpaired) electrons. The fourth-order valence-corrected chi connectivity index (χ4v) is 2.74. The summed E-state index contributed by atoms with van der Waals surface area (Å²) in [6.07, 6.45) is 11.0. The number of carboxylic acid groups (broad SMARTS) is 1. The molecule has 3 rings (SSSR count). The molecule has 0 saturated heterocycles. The summed E-state index contributed by atoms with van der Waals surface area (Å²) in [5.41, 5.74) is 1.92. The molecule has 0 unspecified atom stereocenters. The number of nitrogens with zero attached hydrogens (tertiary/aromatic N) is 3. The second-order valence-corrected chi connectivity index (χ2v) is 4.85.